The molecule has 2 fully saturated rings. The summed E-state index contributed by atoms with van der Waals surface area (Å²) in [5.41, 5.74) is 0.425. The lowest BCUT2D eigenvalue weighted by atomic mass is 9.69. The van der Waals surface area contributed by atoms with Gasteiger partial charge in [-0.2, -0.15) is 0 Å². The fraction of sp³-hybridized carbons (Fsp3) is 1.00. The smallest absolute Gasteiger partial charge is 0.0809 e. The molecule has 3 nitrogen and oxygen atoms in total. The van der Waals surface area contributed by atoms with Crippen LogP contribution in [0.4, 0.5) is 0 Å². The van der Waals surface area contributed by atoms with E-state index in [1.54, 1.807) is 0 Å². The molecule has 2 aliphatic rings. The Bertz CT molecular complexity index is 281. The van der Waals surface area contributed by atoms with E-state index in [0.717, 1.165) is 38.7 Å². The van der Waals surface area contributed by atoms with E-state index in [-0.39, 0.29) is 0 Å². The summed E-state index contributed by atoms with van der Waals surface area (Å²) in [5, 5.41) is 3.80. The van der Waals surface area contributed by atoms with Gasteiger partial charge in [-0.25, -0.2) is 0 Å². The van der Waals surface area contributed by atoms with E-state index < -0.39 is 0 Å². The molecule has 1 aliphatic heterocycles. The topological polar surface area (TPSA) is 30.5 Å². The first-order valence-corrected chi connectivity index (χ1v) is 9.00. The number of hydrogen-bond acceptors (Lipinski definition) is 3. The fourth-order valence-corrected chi connectivity index (χ4v) is 3.86. The molecule has 1 N–H and O–H groups in total. The summed E-state index contributed by atoms with van der Waals surface area (Å²) in [6, 6.07) is 0.705. The maximum Gasteiger partial charge on any atom is 0.0809 e. The van der Waals surface area contributed by atoms with Crippen LogP contribution < -0.4 is 5.32 Å². The van der Waals surface area contributed by atoms with Crippen molar-refractivity contribution >= 4 is 0 Å². The summed E-state index contributed by atoms with van der Waals surface area (Å²) < 4.78 is 11.3. The predicted octanol–water partition coefficient (Wildman–Crippen LogP) is 3.77. The zero-order chi connectivity index (χ0) is 15.1. The quantitative estimate of drug-likeness (QED) is 0.726. The highest BCUT2D eigenvalue weighted by Gasteiger charge is 2.33. The summed E-state index contributed by atoms with van der Waals surface area (Å²) in [7, 11) is 0. The van der Waals surface area contributed by atoms with E-state index in [1.807, 2.05) is 0 Å². The SMILES string of the molecule is CC(C)(C)C1CCCCC1NCCCOCC1CCCO1. The molecular weight excluding hydrogens is 262 g/mol. The lowest BCUT2D eigenvalue weighted by Gasteiger charge is -2.41. The molecule has 1 heterocycles. The van der Waals surface area contributed by atoms with E-state index in [4.69, 9.17) is 9.47 Å². The van der Waals surface area contributed by atoms with E-state index in [9.17, 15) is 0 Å². The van der Waals surface area contributed by atoms with Crippen LogP contribution in [-0.2, 0) is 9.47 Å². The Morgan fingerprint density at radius 2 is 1.90 bits per heavy atom. The van der Waals surface area contributed by atoms with Crippen LogP contribution >= 0.6 is 0 Å². The van der Waals surface area contributed by atoms with Crippen LogP contribution in [0.25, 0.3) is 0 Å². The van der Waals surface area contributed by atoms with Crippen LogP contribution in [-0.4, -0.2) is 38.5 Å². The predicted molar refractivity (Wildman–Crippen MR) is 87.6 cm³/mol. The largest absolute Gasteiger partial charge is 0.379 e. The van der Waals surface area contributed by atoms with Crippen molar-refractivity contribution in [1.29, 1.82) is 0 Å². The highest BCUT2D eigenvalue weighted by molar-refractivity contribution is 4.88. The van der Waals surface area contributed by atoms with Gasteiger partial charge in [0.2, 0.25) is 0 Å². The molecule has 0 aromatic rings. The maximum absolute atomic E-state index is 5.74. The van der Waals surface area contributed by atoms with E-state index in [0.29, 0.717) is 17.6 Å². The molecule has 0 radical (unpaired) electrons. The minimum absolute atomic E-state index is 0.363. The third-order valence-corrected chi connectivity index (χ3v) is 5.08. The Kier molecular flexibility index (Phi) is 6.97. The third kappa shape index (κ3) is 5.88. The molecule has 3 heteroatoms. The van der Waals surface area contributed by atoms with Crippen LogP contribution in [0.1, 0.15) is 65.7 Å². The third-order valence-electron chi connectivity index (χ3n) is 5.08. The average Bonchev–Trinajstić information content (AvgIpc) is 2.95. The first-order chi connectivity index (χ1) is 10.1. The normalized spacial score (nSPS) is 30.7. The van der Waals surface area contributed by atoms with Crippen molar-refractivity contribution in [3.8, 4) is 0 Å². The molecule has 3 atom stereocenters. The summed E-state index contributed by atoms with van der Waals surface area (Å²) >= 11 is 0. The lowest BCUT2D eigenvalue weighted by Crippen LogP contribution is -2.44. The molecule has 0 aromatic heterocycles. The van der Waals surface area contributed by atoms with Crippen LogP contribution in [0.5, 0.6) is 0 Å². The summed E-state index contributed by atoms with van der Waals surface area (Å²) in [6.45, 7) is 10.8. The summed E-state index contributed by atoms with van der Waals surface area (Å²) in [6.07, 6.45) is 9.38. The Hall–Kier alpha value is -0.120. The minimum Gasteiger partial charge on any atom is -0.379 e. The van der Waals surface area contributed by atoms with Gasteiger partial charge in [0, 0.05) is 19.3 Å². The minimum atomic E-state index is 0.363. The Morgan fingerprint density at radius 3 is 2.62 bits per heavy atom. The van der Waals surface area contributed by atoms with Gasteiger partial charge in [0.1, 0.15) is 0 Å². The monoisotopic (exact) mass is 297 g/mol. The molecule has 0 spiro atoms. The standard InChI is InChI=1S/C18H35NO2/c1-18(2,3)16-9-4-5-10-17(16)19-11-7-12-20-14-15-8-6-13-21-15/h15-17,19H,4-14H2,1-3H3. The highest BCUT2D eigenvalue weighted by atomic mass is 16.5. The zero-order valence-corrected chi connectivity index (χ0v) is 14.3. The van der Waals surface area contributed by atoms with Crippen molar-refractivity contribution in [2.24, 2.45) is 11.3 Å². The van der Waals surface area contributed by atoms with Gasteiger partial charge in [0.05, 0.1) is 12.7 Å². The molecular formula is C18H35NO2. The molecule has 0 aromatic carbocycles. The Labute approximate surface area is 131 Å². The van der Waals surface area contributed by atoms with Crippen LogP contribution in [0.2, 0.25) is 0 Å². The van der Waals surface area contributed by atoms with Crippen molar-refractivity contribution in [2.45, 2.75) is 77.9 Å². The molecule has 1 aliphatic carbocycles. The summed E-state index contributed by atoms with van der Waals surface area (Å²) in [5.74, 6) is 0.819. The number of hydrogen-bond donors (Lipinski definition) is 1. The molecule has 0 bridgehead atoms. The van der Waals surface area contributed by atoms with Crippen molar-refractivity contribution in [3.63, 3.8) is 0 Å². The zero-order valence-electron chi connectivity index (χ0n) is 14.3. The van der Waals surface area contributed by atoms with Gasteiger partial charge in [-0.15, -0.1) is 0 Å². The molecule has 1 saturated heterocycles. The van der Waals surface area contributed by atoms with Gasteiger partial charge in [-0.05, 0) is 50.0 Å². The second kappa shape index (κ2) is 8.50. The van der Waals surface area contributed by atoms with E-state index >= 15 is 0 Å². The van der Waals surface area contributed by atoms with Crippen LogP contribution in [0, 0.1) is 11.3 Å². The number of rotatable bonds is 7. The van der Waals surface area contributed by atoms with Gasteiger partial charge in [0.25, 0.3) is 0 Å². The average molecular weight is 297 g/mol. The van der Waals surface area contributed by atoms with Crippen LogP contribution in [0.3, 0.4) is 0 Å². The number of ether oxygens (including phenoxy) is 2. The van der Waals surface area contributed by atoms with Gasteiger partial charge < -0.3 is 14.8 Å². The van der Waals surface area contributed by atoms with Gasteiger partial charge >= 0.3 is 0 Å². The van der Waals surface area contributed by atoms with Crippen molar-refractivity contribution in [3.05, 3.63) is 0 Å². The van der Waals surface area contributed by atoms with E-state index in [2.05, 4.69) is 26.1 Å². The van der Waals surface area contributed by atoms with Gasteiger partial charge in [0.15, 0.2) is 0 Å². The van der Waals surface area contributed by atoms with Crippen LogP contribution in [0.15, 0.2) is 0 Å². The molecule has 3 unspecified atom stereocenters. The first kappa shape index (κ1) is 17.2. The molecule has 1 saturated carbocycles. The molecule has 21 heavy (non-hydrogen) atoms. The fourth-order valence-electron chi connectivity index (χ4n) is 3.86. The van der Waals surface area contributed by atoms with Gasteiger partial charge in [-0.3, -0.25) is 0 Å². The van der Waals surface area contributed by atoms with Gasteiger partial charge in [-0.1, -0.05) is 33.6 Å². The number of nitrogens with one attached hydrogen (secondary N) is 1. The Morgan fingerprint density at radius 1 is 1.10 bits per heavy atom. The maximum atomic E-state index is 5.74. The van der Waals surface area contributed by atoms with Crippen molar-refractivity contribution in [2.75, 3.05) is 26.4 Å². The highest BCUT2D eigenvalue weighted by Crippen LogP contribution is 2.37. The second-order valence-corrected chi connectivity index (χ2v) is 7.88. The summed E-state index contributed by atoms with van der Waals surface area (Å²) in [4.78, 5) is 0. The second-order valence-electron chi connectivity index (χ2n) is 7.88. The molecule has 124 valence electrons. The first-order valence-electron chi connectivity index (χ1n) is 9.00. The Balaban J connectivity index is 1.56. The lowest BCUT2D eigenvalue weighted by molar-refractivity contribution is 0.0161. The molecule has 0 amide bonds. The van der Waals surface area contributed by atoms with E-state index in [1.165, 1.54) is 38.5 Å². The molecule has 2 rings (SSSR count). The van der Waals surface area contributed by atoms with Crippen molar-refractivity contribution in [1.82, 2.24) is 5.32 Å². The van der Waals surface area contributed by atoms with Crippen molar-refractivity contribution < 1.29 is 9.47 Å².